The van der Waals surface area contributed by atoms with Gasteiger partial charge in [-0.15, -0.1) is 0 Å². The molecule has 0 unspecified atom stereocenters. The molecule has 3 aromatic rings. The van der Waals surface area contributed by atoms with Gasteiger partial charge in [0.2, 0.25) is 0 Å². The molecule has 3 rings (SSSR count). The fourth-order valence-corrected chi connectivity index (χ4v) is 3.48. The molecule has 0 N–H and O–H groups in total. The van der Waals surface area contributed by atoms with Crippen molar-refractivity contribution in [3.8, 4) is 11.3 Å². The molecule has 0 fully saturated rings. The number of pyridine rings is 1. The van der Waals surface area contributed by atoms with Crippen molar-refractivity contribution in [1.82, 2.24) is 4.98 Å². The first-order chi connectivity index (χ1) is 12.0. The Morgan fingerprint density at radius 2 is 1.54 bits per heavy atom. The molecule has 0 amide bonds. The van der Waals surface area contributed by atoms with Crippen LogP contribution >= 0.6 is 0 Å². The van der Waals surface area contributed by atoms with Gasteiger partial charge in [0.05, 0.1) is 11.2 Å². The summed E-state index contributed by atoms with van der Waals surface area (Å²) in [4.78, 5) is 5.00. The predicted molar refractivity (Wildman–Crippen MR) is 114 cm³/mol. The maximum Gasteiger partial charge on any atom is 0.0712 e. The van der Waals surface area contributed by atoms with E-state index < -0.39 is 0 Å². The summed E-state index contributed by atoms with van der Waals surface area (Å²) < 4.78 is 0. The van der Waals surface area contributed by atoms with Crippen molar-refractivity contribution < 1.29 is 0 Å². The lowest BCUT2D eigenvalue weighted by Crippen LogP contribution is -2.12. The standard InChI is InChI=1S/C25H31N/c1-17-12-18(14-20(13-17)25(5,6)7)23-15-19(16-24(2,3)4)21-10-8-9-11-22(21)26-23/h8-15H,16H2,1-7H3. The third kappa shape index (κ3) is 4.15. The van der Waals surface area contributed by atoms with Crippen LogP contribution in [0.1, 0.15) is 58.2 Å². The molecule has 2 aromatic carbocycles. The van der Waals surface area contributed by atoms with Gasteiger partial charge in [-0.05, 0) is 59.6 Å². The summed E-state index contributed by atoms with van der Waals surface area (Å²) in [5, 5.41) is 1.27. The molecule has 0 radical (unpaired) electrons. The molecule has 0 aliphatic heterocycles. The molecule has 0 aliphatic carbocycles. The van der Waals surface area contributed by atoms with Crippen LogP contribution in [0.25, 0.3) is 22.2 Å². The topological polar surface area (TPSA) is 12.9 Å². The summed E-state index contributed by atoms with van der Waals surface area (Å²) in [5.41, 5.74) is 7.80. The Kier molecular flexibility index (Phi) is 4.69. The van der Waals surface area contributed by atoms with E-state index in [1.54, 1.807) is 0 Å². The zero-order valence-corrected chi connectivity index (χ0v) is 17.3. The highest BCUT2D eigenvalue weighted by molar-refractivity contribution is 5.85. The Hall–Kier alpha value is -2.15. The zero-order chi connectivity index (χ0) is 19.1. The molecule has 0 atom stereocenters. The maximum atomic E-state index is 5.00. The highest BCUT2D eigenvalue weighted by Gasteiger charge is 2.18. The largest absolute Gasteiger partial charge is 0.248 e. The van der Waals surface area contributed by atoms with Gasteiger partial charge in [-0.1, -0.05) is 71.4 Å². The zero-order valence-electron chi connectivity index (χ0n) is 17.3. The van der Waals surface area contributed by atoms with Crippen LogP contribution in [0.3, 0.4) is 0 Å². The highest BCUT2D eigenvalue weighted by Crippen LogP contribution is 2.32. The Bertz CT molecular complexity index is 937. The number of rotatable bonds is 2. The van der Waals surface area contributed by atoms with Crippen molar-refractivity contribution in [2.45, 2.75) is 60.3 Å². The van der Waals surface area contributed by atoms with E-state index in [0.717, 1.165) is 17.6 Å². The van der Waals surface area contributed by atoms with Gasteiger partial charge in [0.1, 0.15) is 0 Å². The van der Waals surface area contributed by atoms with E-state index in [9.17, 15) is 0 Å². The van der Waals surface area contributed by atoms with Crippen LogP contribution in [0, 0.1) is 12.3 Å². The molecular formula is C25H31N. The Balaban J connectivity index is 2.21. The monoisotopic (exact) mass is 345 g/mol. The van der Waals surface area contributed by atoms with E-state index in [0.29, 0.717) is 0 Å². The van der Waals surface area contributed by atoms with Gasteiger partial charge in [-0.2, -0.15) is 0 Å². The van der Waals surface area contributed by atoms with E-state index in [2.05, 4.69) is 97.0 Å². The number of fused-ring (bicyclic) bond motifs is 1. The van der Waals surface area contributed by atoms with Crippen molar-refractivity contribution in [1.29, 1.82) is 0 Å². The summed E-state index contributed by atoms with van der Waals surface area (Å²) in [6.07, 6.45) is 1.04. The molecule has 0 aliphatic rings. The van der Waals surface area contributed by atoms with E-state index in [1.807, 2.05) is 0 Å². The predicted octanol–water partition coefficient (Wildman–Crippen LogP) is 7.10. The van der Waals surface area contributed by atoms with Crippen molar-refractivity contribution in [3.63, 3.8) is 0 Å². The smallest absolute Gasteiger partial charge is 0.0712 e. The number of aromatic nitrogens is 1. The van der Waals surface area contributed by atoms with Gasteiger partial charge in [0.25, 0.3) is 0 Å². The SMILES string of the molecule is Cc1cc(-c2cc(CC(C)(C)C)c3ccccc3n2)cc(C(C)(C)C)c1. The highest BCUT2D eigenvalue weighted by atomic mass is 14.7. The van der Waals surface area contributed by atoms with E-state index in [4.69, 9.17) is 4.98 Å². The molecule has 1 heterocycles. The van der Waals surface area contributed by atoms with E-state index in [-0.39, 0.29) is 10.8 Å². The van der Waals surface area contributed by atoms with Gasteiger partial charge in [0.15, 0.2) is 0 Å². The van der Waals surface area contributed by atoms with Gasteiger partial charge >= 0.3 is 0 Å². The van der Waals surface area contributed by atoms with Gasteiger partial charge in [0, 0.05) is 10.9 Å². The van der Waals surface area contributed by atoms with Crippen LogP contribution < -0.4 is 0 Å². The van der Waals surface area contributed by atoms with Crippen molar-refractivity contribution >= 4 is 10.9 Å². The molecule has 0 saturated heterocycles. The normalized spacial score (nSPS) is 12.6. The van der Waals surface area contributed by atoms with E-state index in [1.165, 1.54) is 27.6 Å². The molecule has 0 spiro atoms. The number of para-hydroxylation sites is 1. The third-order valence-electron chi connectivity index (χ3n) is 4.76. The van der Waals surface area contributed by atoms with Crippen LogP contribution in [0.4, 0.5) is 0 Å². The lowest BCUT2D eigenvalue weighted by atomic mass is 9.84. The third-order valence-corrected chi connectivity index (χ3v) is 4.76. The molecule has 0 saturated carbocycles. The number of nitrogens with zero attached hydrogens (tertiary/aromatic N) is 1. The molecule has 26 heavy (non-hydrogen) atoms. The van der Waals surface area contributed by atoms with Crippen molar-refractivity contribution in [2.24, 2.45) is 5.41 Å². The maximum absolute atomic E-state index is 5.00. The van der Waals surface area contributed by atoms with Crippen molar-refractivity contribution in [2.75, 3.05) is 0 Å². The Morgan fingerprint density at radius 1 is 0.846 bits per heavy atom. The number of benzene rings is 2. The fourth-order valence-electron chi connectivity index (χ4n) is 3.48. The van der Waals surface area contributed by atoms with Crippen LogP contribution in [-0.2, 0) is 11.8 Å². The Morgan fingerprint density at radius 3 is 2.19 bits per heavy atom. The summed E-state index contributed by atoms with van der Waals surface area (Å²) in [7, 11) is 0. The quantitative estimate of drug-likeness (QED) is 0.483. The van der Waals surface area contributed by atoms with Gasteiger partial charge in [-0.3, -0.25) is 0 Å². The summed E-state index contributed by atoms with van der Waals surface area (Å²) in [5.74, 6) is 0. The van der Waals surface area contributed by atoms with Gasteiger partial charge in [-0.25, -0.2) is 4.98 Å². The molecule has 1 nitrogen and oxygen atoms in total. The first kappa shape index (κ1) is 18.6. The number of aryl methyl sites for hydroxylation is 1. The van der Waals surface area contributed by atoms with Crippen molar-refractivity contribution in [3.05, 3.63) is 65.2 Å². The molecule has 0 bridgehead atoms. The van der Waals surface area contributed by atoms with Crippen LogP contribution in [0.2, 0.25) is 0 Å². The van der Waals surface area contributed by atoms with E-state index >= 15 is 0 Å². The van der Waals surface area contributed by atoms with Crippen LogP contribution in [0.5, 0.6) is 0 Å². The molecule has 136 valence electrons. The molecule has 1 aromatic heterocycles. The van der Waals surface area contributed by atoms with Crippen LogP contribution in [-0.4, -0.2) is 4.98 Å². The number of hydrogen-bond acceptors (Lipinski definition) is 1. The molecular weight excluding hydrogens is 314 g/mol. The lowest BCUT2D eigenvalue weighted by Gasteiger charge is -2.22. The Labute approximate surface area is 158 Å². The fraction of sp³-hybridized carbons (Fsp3) is 0.400. The summed E-state index contributed by atoms with van der Waals surface area (Å²) >= 11 is 0. The first-order valence-electron chi connectivity index (χ1n) is 9.54. The summed E-state index contributed by atoms with van der Waals surface area (Å²) in [6.45, 7) is 15.9. The minimum Gasteiger partial charge on any atom is -0.248 e. The lowest BCUT2D eigenvalue weighted by molar-refractivity contribution is 0.412. The average Bonchev–Trinajstić information content (AvgIpc) is 2.52. The van der Waals surface area contributed by atoms with Crippen LogP contribution in [0.15, 0.2) is 48.5 Å². The second-order valence-electron chi connectivity index (χ2n) is 9.76. The summed E-state index contributed by atoms with van der Waals surface area (Å²) in [6, 6.07) is 17.7. The average molecular weight is 346 g/mol. The number of hydrogen-bond donors (Lipinski definition) is 0. The first-order valence-corrected chi connectivity index (χ1v) is 9.54. The minimum atomic E-state index is 0.131. The minimum absolute atomic E-state index is 0.131. The second-order valence-corrected chi connectivity index (χ2v) is 9.76. The second kappa shape index (κ2) is 6.54. The van der Waals surface area contributed by atoms with Gasteiger partial charge < -0.3 is 0 Å². The molecule has 1 heteroatoms.